The van der Waals surface area contributed by atoms with E-state index in [2.05, 4.69) is 30.8 Å². The fraction of sp³-hybridized carbons (Fsp3) is 0.200. The third kappa shape index (κ3) is 5.04. The number of para-hydroxylation sites is 1. The second-order valence-electron chi connectivity index (χ2n) is 8.24. The number of methoxy groups -OCH3 is 1. The van der Waals surface area contributed by atoms with E-state index in [1.165, 1.54) is 0 Å². The fourth-order valence-electron chi connectivity index (χ4n) is 3.69. The minimum Gasteiger partial charge on any atom is -0.497 e. The summed E-state index contributed by atoms with van der Waals surface area (Å²) in [5, 5.41) is 14.6. The zero-order valence-electron chi connectivity index (χ0n) is 19.2. The molecule has 178 valence electrons. The van der Waals surface area contributed by atoms with Gasteiger partial charge in [-0.05, 0) is 66.9 Å². The van der Waals surface area contributed by atoms with Gasteiger partial charge in [0.15, 0.2) is 11.6 Å². The van der Waals surface area contributed by atoms with Crippen molar-refractivity contribution >= 4 is 56.8 Å². The number of carbonyl (C=O) groups is 1. The summed E-state index contributed by atoms with van der Waals surface area (Å²) >= 11 is 5.99. The molecule has 0 saturated heterocycles. The first-order valence-electron chi connectivity index (χ1n) is 11.2. The van der Waals surface area contributed by atoms with Crippen LogP contribution in [0.2, 0.25) is 5.28 Å². The van der Waals surface area contributed by atoms with Gasteiger partial charge in [-0.2, -0.15) is 10.1 Å². The maximum atomic E-state index is 11.4. The number of nitrogens with zero attached hydrogens (tertiary/aromatic N) is 4. The molecule has 6 rings (SSSR count). The summed E-state index contributed by atoms with van der Waals surface area (Å²) in [6.45, 7) is 0. The van der Waals surface area contributed by atoms with Crippen molar-refractivity contribution in [2.24, 2.45) is 13.0 Å². The summed E-state index contributed by atoms with van der Waals surface area (Å²) in [7, 11) is 3.56. The van der Waals surface area contributed by atoms with Crippen molar-refractivity contribution in [3.63, 3.8) is 0 Å². The number of H-pyrrole nitrogens is 1. The maximum absolute atomic E-state index is 11.4. The second-order valence-corrected chi connectivity index (χ2v) is 8.57. The number of anilines is 3. The lowest BCUT2D eigenvalue weighted by atomic mass is 10.2. The molecule has 3 N–H and O–H groups in total. The number of aromatic amines is 1. The number of hydrogen-bond acceptors (Lipinski definition) is 6. The highest BCUT2D eigenvalue weighted by molar-refractivity contribution is 6.28. The smallest absolute Gasteiger partial charge is 0.227 e. The maximum Gasteiger partial charge on any atom is 0.227 e. The lowest BCUT2D eigenvalue weighted by Gasteiger charge is -2.06. The van der Waals surface area contributed by atoms with Gasteiger partial charge in [-0.15, -0.1) is 0 Å². The SMILES string of the molecule is COc1ccc(NC(=O)C2CC2)cc1.Cn1ccc2nc(Cl)nc(Nc3n[nH]c4ccccc34)c21. The zero-order chi connectivity index (χ0) is 24.4. The first kappa shape index (κ1) is 22.7. The number of rotatable bonds is 5. The van der Waals surface area contributed by atoms with E-state index in [0.29, 0.717) is 11.6 Å². The predicted octanol–water partition coefficient (Wildman–Crippen LogP) is 5.29. The molecule has 1 amide bonds. The molecular formula is C25H24ClN7O2. The molecule has 0 bridgehead atoms. The molecule has 5 aromatic rings. The quantitative estimate of drug-likeness (QED) is 0.289. The molecule has 1 aliphatic carbocycles. The van der Waals surface area contributed by atoms with E-state index in [1.807, 2.05) is 72.4 Å². The van der Waals surface area contributed by atoms with Gasteiger partial charge in [-0.3, -0.25) is 9.89 Å². The Morgan fingerprint density at radius 2 is 1.86 bits per heavy atom. The number of ether oxygens (including phenoxy) is 1. The topological polar surface area (TPSA) is 110 Å². The van der Waals surface area contributed by atoms with E-state index in [1.54, 1.807) is 7.11 Å². The van der Waals surface area contributed by atoms with Gasteiger partial charge < -0.3 is 19.9 Å². The molecule has 3 aromatic heterocycles. The molecule has 1 fully saturated rings. The Hall–Kier alpha value is -4.11. The largest absolute Gasteiger partial charge is 0.497 e. The predicted molar refractivity (Wildman–Crippen MR) is 137 cm³/mol. The molecular weight excluding hydrogens is 466 g/mol. The number of carbonyl (C=O) groups excluding carboxylic acids is 1. The molecule has 0 aliphatic heterocycles. The van der Waals surface area contributed by atoms with E-state index in [9.17, 15) is 4.79 Å². The minimum atomic E-state index is 0.134. The molecule has 1 saturated carbocycles. The van der Waals surface area contributed by atoms with Crippen LogP contribution in [0.5, 0.6) is 5.75 Å². The first-order valence-corrected chi connectivity index (χ1v) is 11.5. The average Bonchev–Trinajstić information content (AvgIpc) is 3.56. The van der Waals surface area contributed by atoms with Crippen molar-refractivity contribution in [3.05, 3.63) is 66.1 Å². The van der Waals surface area contributed by atoms with Gasteiger partial charge >= 0.3 is 0 Å². The molecule has 10 heteroatoms. The monoisotopic (exact) mass is 489 g/mol. The number of fused-ring (bicyclic) bond motifs is 2. The van der Waals surface area contributed by atoms with Crippen LogP contribution in [0.15, 0.2) is 60.8 Å². The van der Waals surface area contributed by atoms with Gasteiger partial charge in [0.2, 0.25) is 11.2 Å². The highest BCUT2D eigenvalue weighted by atomic mass is 35.5. The number of nitrogens with one attached hydrogen (secondary N) is 3. The molecule has 1 aliphatic rings. The summed E-state index contributed by atoms with van der Waals surface area (Å²) in [6, 6.07) is 17.2. The third-order valence-electron chi connectivity index (χ3n) is 5.71. The summed E-state index contributed by atoms with van der Waals surface area (Å²) < 4.78 is 6.97. The second kappa shape index (κ2) is 9.63. The molecule has 35 heavy (non-hydrogen) atoms. The van der Waals surface area contributed by atoms with Crippen molar-refractivity contribution in [1.82, 2.24) is 24.7 Å². The lowest BCUT2D eigenvalue weighted by Crippen LogP contribution is -2.12. The average molecular weight is 490 g/mol. The Bertz CT molecular complexity index is 1490. The standard InChI is InChI=1S/C14H11ClN6.C11H13NO2/c1-21-7-6-10-11(21)13(18-14(15)16-10)17-12-8-4-2-3-5-9(8)19-20-12;1-14-10-6-4-9(5-7-10)12-11(13)8-2-3-8/h2-7H,1H3,(H2,16,17,18,19,20);4-8H,2-3H2,1H3,(H,12,13). The molecule has 3 heterocycles. The van der Waals surface area contributed by atoms with Crippen LogP contribution < -0.4 is 15.4 Å². The van der Waals surface area contributed by atoms with Gasteiger partial charge in [-0.1, -0.05) is 12.1 Å². The Labute approximate surface area is 206 Å². The highest BCUT2D eigenvalue weighted by Gasteiger charge is 2.29. The Kier molecular flexibility index (Phi) is 6.24. The minimum absolute atomic E-state index is 0.134. The Morgan fingerprint density at radius 1 is 1.09 bits per heavy atom. The fourth-order valence-corrected chi connectivity index (χ4v) is 3.86. The van der Waals surface area contributed by atoms with Crippen LogP contribution in [0, 0.1) is 5.92 Å². The van der Waals surface area contributed by atoms with Gasteiger partial charge in [0.05, 0.1) is 18.1 Å². The number of halogens is 1. The van der Waals surface area contributed by atoms with Crippen LogP contribution in [0.1, 0.15) is 12.8 Å². The lowest BCUT2D eigenvalue weighted by molar-refractivity contribution is -0.117. The van der Waals surface area contributed by atoms with Crippen LogP contribution in [-0.4, -0.2) is 37.7 Å². The van der Waals surface area contributed by atoms with E-state index in [0.717, 1.165) is 46.2 Å². The van der Waals surface area contributed by atoms with Crippen LogP contribution in [0.4, 0.5) is 17.3 Å². The summed E-state index contributed by atoms with van der Waals surface area (Å²) in [6.07, 6.45) is 3.98. The molecule has 0 spiro atoms. The van der Waals surface area contributed by atoms with Crippen molar-refractivity contribution < 1.29 is 9.53 Å². The number of hydrogen-bond donors (Lipinski definition) is 3. The number of aromatic nitrogens is 5. The molecule has 0 radical (unpaired) electrons. The number of benzene rings is 2. The number of aryl methyl sites for hydroxylation is 1. The van der Waals surface area contributed by atoms with Crippen molar-refractivity contribution in [1.29, 1.82) is 0 Å². The van der Waals surface area contributed by atoms with Crippen LogP contribution >= 0.6 is 11.6 Å². The Balaban J connectivity index is 0.000000158. The third-order valence-corrected chi connectivity index (χ3v) is 5.87. The first-order chi connectivity index (χ1) is 17.0. The van der Waals surface area contributed by atoms with Crippen LogP contribution in [0.3, 0.4) is 0 Å². The van der Waals surface area contributed by atoms with Crippen LogP contribution in [0.25, 0.3) is 21.9 Å². The molecule has 0 unspecified atom stereocenters. The van der Waals surface area contributed by atoms with Gasteiger partial charge in [0, 0.05) is 30.2 Å². The van der Waals surface area contributed by atoms with E-state index < -0.39 is 0 Å². The van der Waals surface area contributed by atoms with E-state index in [4.69, 9.17) is 16.3 Å². The summed E-state index contributed by atoms with van der Waals surface area (Å²) in [5.41, 5.74) is 3.47. The molecule has 9 nitrogen and oxygen atoms in total. The van der Waals surface area contributed by atoms with Gasteiger partial charge in [0.1, 0.15) is 11.3 Å². The summed E-state index contributed by atoms with van der Waals surface area (Å²) in [5.74, 6) is 2.53. The molecule has 2 aromatic carbocycles. The van der Waals surface area contributed by atoms with Crippen molar-refractivity contribution in [3.8, 4) is 5.75 Å². The van der Waals surface area contributed by atoms with Crippen molar-refractivity contribution in [2.45, 2.75) is 12.8 Å². The van der Waals surface area contributed by atoms with Gasteiger partial charge in [-0.25, -0.2) is 4.98 Å². The van der Waals surface area contributed by atoms with Gasteiger partial charge in [0.25, 0.3) is 0 Å². The summed E-state index contributed by atoms with van der Waals surface area (Å²) in [4.78, 5) is 19.9. The Morgan fingerprint density at radius 3 is 2.60 bits per heavy atom. The van der Waals surface area contributed by atoms with Crippen LogP contribution in [-0.2, 0) is 11.8 Å². The molecule has 0 atom stereocenters. The highest BCUT2D eigenvalue weighted by Crippen LogP contribution is 2.30. The zero-order valence-corrected chi connectivity index (χ0v) is 20.0. The van der Waals surface area contributed by atoms with E-state index >= 15 is 0 Å². The van der Waals surface area contributed by atoms with Crippen molar-refractivity contribution in [2.75, 3.05) is 17.7 Å². The normalized spacial score (nSPS) is 12.8. The number of amides is 1. The van der Waals surface area contributed by atoms with E-state index in [-0.39, 0.29) is 17.1 Å².